The maximum Gasteiger partial charge on any atom is 0.0937 e. The number of hydrogen-bond acceptors (Lipinski definition) is 2. The van der Waals surface area contributed by atoms with E-state index in [4.69, 9.17) is 5.73 Å². The lowest BCUT2D eigenvalue weighted by atomic mass is 10.1. The van der Waals surface area contributed by atoms with Gasteiger partial charge in [0.05, 0.1) is 11.9 Å². The molecular weight excluding hydrogens is 150 g/mol. The van der Waals surface area contributed by atoms with Gasteiger partial charge in [0, 0.05) is 6.42 Å². The molecule has 0 fully saturated rings. The molecular formula is C9H21N3. The van der Waals surface area contributed by atoms with E-state index in [2.05, 4.69) is 17.2 Å². The lowest BCUT2D eigenvalue weighted by molar-refractivity contribution is 0.574. The molecule has 0 radical (unpaired) electrons. The maximum absolute atomic E-state index is 5.65. The zero-order chi connectivity index (χ0) is 9.40. The van der Waals surface area contributed by atoms with Crippen molar-refractivity contribution in [1.29, 1.82) is 0 Å². The first-order valence-corrected chi connectivity index (χ1v) is 4.71. The molecule has 1 unspecified atom stereocenters. The minimum Gasteiger partial charge on any atom is -0.387 e. The van der Waals surface area contributed by atoms with Gasteiger partial charge >= 0.3 is 0 Å². The van der Waals surface area contributed by atoms with Gasteiger partial charge in [-0.1, -0.05) is 13.8 Å². The summed E-state index contributed by atoms with van der Waals surface area (Å²) in [5.41, 5.74) is 5.65. The van der Waals surface area contributed by atoms with Crippen LogP contribution in [0.5, 0.6) is 0 Å². The van der Waals surface area contributed by atoms with E-state index in [0.29, 0.717) is 6.04 Å². The van der Waals surface area contributed by atoms with Crippen LogP contribution in [0.25, 0.3) is 0 Å². The van der Waals surface area contributed by atoms with Crippen molar-refractivity contribution in [3.8, 4) is 0 Å². The highest BCUT2D eigenvalue weighted by atomic mass is 14.9. The molecule has 72 valence electrons. The molecule has 0 aromatic rings. The van der Waals surface area contributed by atoms with Gasteiger partial charge in [-0.15, -0.1) is 0 Å². The summed E-state index contributed by atoms with van der Waals surface area (Å²) in [6.45, 7) is 5.19. The Kier molecular flexibility index (Phi) is 6.76. The summed E-state index contributed by atoms with van der Waals surface area (Å²) in [6.07, 6.45) is 3.01. The van der Waals surface area contributed by atoms with Gasteiger partial charge in [0.15, 0.2) is 0 Å². The van der Waals surface area contributed by atoms with Gasteiger partial charge in [-0.25, -0.2) is 0 Å². The fourth-order valence-corrected chi connectivity index (χ4v) is 0.997. The smallest absolute Gasteiger partial charge is 0.0937 e. The van der Waals surface area contributed by atoms with E-state index in [1.165, 1.54) is 0 Å². The second-order valence-corrected chi connectivity index (χ2v) is 2.93. The maximum atomic E-state index is 5.65. The molecule has 1 atom stereocenters. The van der Waals surface area contributed by atoms with Crippen molar-refractivity contribution < 1.29 is 0 Å². The van der Waals surface area contributed by atoms with Gasteiger partial charge in [-0.05, 0) is 26.4 Å². The highest BCUT2D eigenvalue weighted by molar-refractivity contribution is 5.80. The van der Waals surface area contributed by atoms with Crippen molar-refractivity contribution in [3.05, 3.63) is 0 Å². The fraction of sp³-hybridized carbons (Fsp3) is 0.889. The summed E-state index contributed by atoms with van der Waals surface area (Å²) in [5, 5.41) is 3.11. The first-order chi connectivity index (χ1) is 5.74. The van der Waals surface area contributed by atoms with Gasteiger partial charge in [0.1, 0.15) is 0 Å². The summed E-state index contributed by atoms with van der Waals surface area (Å²) in [5.74, 6) is 0.776. The molecule has 0 saturated carbocycles. The fourth-order valence-electron chi connectivity index (χ4n) is 0.997. The normalized spacial score (nSPS) is 14.8. The second kappa shape index (κ2) is 7.10. The Hall–Kier alpha value is -0.570. The monoisotopic (exact) mass is 171 g/mol. The predicted octanol–water partition coefficient (Wildman–Crippen LogP) is 1.14. The van der Waals surface area contributed by atoms with E-state index in [9.17, 15) is 0 Å². The average molecular weight is 171 g/mol. The van der Waals surface area contributed by atoms with Crippen molar-refractivity contribution in [1.82, 2.24) is 5.32 Å². The van der Waals surface area contributed by atoms with Gasteiger partial charge in [0.25, 0.3) is 0 Å². The van der Waals surface area contributed by atoms with E-state index in [-0.39, 0.29) is 0 Å². The molecule has 0 aliphatic rings. The molecule has 3 nitrogen and oxygen atoms in total. The van der Waals surface area contributed by atoms with Crippen LogP contribution < -0.4 is 11.1 Å². The third-order valence-corrected chi connectivity index (χ3v) is 1.91. The van der Waals surface area contributed by atoms with E-state index in [0.717, 1.165) is 31.6 Å². The molecule has 3 N–H and O–H groups in total. The molecule has 0 saturated heterocycles. The van der Waals surface area contributed by atoms with Gasteiger partial charge in [-0.3, -0.25) is 4.99 Å². The summed E-state index contributed by atoms with van der Waals surface area (Å²) in [7, 11) is 1.96. The quantitative estimate of drug-likeness (QED) is 0.465. The van der Waals surface area contributed by atoms with Crippen LogP contribution in [-0.4, -0.2) is 25.5 Å². The van der Waals surface area contributed by atoms with Crippen LogP contribution in [0.3, 0.4) is 0 Å². The van der Waals surface area contributed by atoms with E-state index in [1.807, 2.05) is 14.0 Å². The summed E-state index contributed by atoms with van der Waals surface area (Å²) >= 11 is 0. The molecule has 0 heterocycles. The van der Waals surface area contributed by atoms with Crippen LogP contribution in [0.4, 0.5) is 0 Å². The Labute approximate surface area is 75.4 Å². The molecule has 3 heteroatoms. The molecule has 0 aromatic carbocycles. The summed E-state index contributed by atoms with van der Waals surface area (Å²) in [6, 6.07) is 0.400. The van der Waals surface area contributed by atoms with Gasteiger partial charge in [-0.2, -0.15) is 0 Å². The number of nitrogens with one attached hydrogen (secondary N) is 1. The van der Waals surface area contributed by atoms with Crippen LogP contribution >= 0.6 is 0 Å². The first kappa shape index (κ1) is 11.4. The average Bonchev–Trinajstić information content (AvgIpc) is 2.11. The van der Waals surface area contributed by atoms with Crippen LogP contribution in [-0.2, 0) is 0 Å². The van der Waals surface area contributed by atoms with Crippen LogP contribution in [0.1, 0.15) is 33.1 Å². The molecule has 0 spiro atoms. The van der Waals surface area contributed by atoms with Crippen molar-refractivity contribution in [2.45, 2.75) is 39.2 Å². The Morgan fingerprint density at radius 2 is 2.17 bits per heavy atom. The van der Waals surface area contributed by atoms with Crippen molar-refractivity contribution in [2.24, 2.45) is 10.7 Å². The van der Waals surface area contributed by atoms with Crippen LogP contribution in [0.2, 0.25) is 0 Å². The number of nitrogens with zero attached hydrogens (tertiary/aromatic N) is 1. The van der Waals surface area contributed by atoms with Crippen LogP contribution in [0.15, 0.2) is 4.99 Å². The molecule has 0 amide bonds. The Balaban J connectivity index is 3.81. The molecule has 0 bridgehead atoms. The molecule has 0 aliphatic carbocycles. The Bertz CT molecular complexity index is 132. The third kappa shape index (κ3) is 5.13. The highest BCUT2D eigenvalue weighted by Gasteiger charge is 2.02. The standard InChI is InChI=1S/C9H21N3/c1-4-8(6-7-11-3)12-9(10)5-2/h8,11H,4-7H2,1-3H3,(H2,10,12). The van der Waals surface area contributed by atoms with Crippen molar-refractivity contribution in [2.75, 3.05) is 13.6 Å². The topological polar surface area (TPSA) is 50.4 Å². The minimum absolute atomic E-state index is 0.400. The largest absolute Gasteiger partial charge is 0.387 e. The number of amidine groups is 1. The van der Waals surface area contributed by atoms with Crippen LogP contribution in [0, 0.1) is 0 Å². The van der Waals surface area contributed by atoms with E-state index >= 15 is 0 Å². The lowest BCUT2D eigenvalue weighted by Crippen LogP contribution is -2.19. The zero-order valence-corrected chi connectivity index (χ0v) is 8.43. The third-order valence-electron chi connectivity index (χ3n) is 1.91. The number of rotatable bonds is 6. The molecule has 0 aliphatic heterocycles. The molecule has 0 aromatic heterocycles. The van der Waals surface area contributed by atoms with Crippen molar-refractivity contribution in [3.63, 3.8) is 0 Å². The Morgan fingerprint density at radius 3 is 2.58 bits per heavy atom. The van der Waals surface area contributed by atoms with Gasteiger partial charge < -0.3 is 11.1 Å². The van der Waals surface area contributed by atoms with Crippen molar-refractivity contribution >= 4 is 5.84 Å². The van der Waals surface area contributed by atoms with E-state index in [1.54, 1.807) is 0 Å². The zero-order valence-electron chi connectivity index (χ0n) is 8.43. The molecule has 12 heavy (non-hydrogen) atoms. The number of hydrogen-bond donors (Lipinski definition) is 2. The number of nitrogens with two attached hydrogens (primary N) is 1. The molecule has 0 rings (SSSR count). The summed E-state index contributed by atoms with van der Waals surface area (Å²) in [4.78, 5) is 4.41. The lowest BCUT2D eigenvalue weighted by Gasteiger charge is -2.10. The summed E-state index contributed by atoms with van der Waals surface area (Å²) < 4.78 is 0. The Morgan fingerprint density at radius 1 is 1.50 bits per heavy atom. The highest BCUT2D eigenvalue weighted by Crippen LogP contribution is 2.02. The minimum atomic E-state index is 0.400. The van der Waals surface area contributed by atoms with Gasteiger partial charge in [0.2, 0.25) is 0 Å². The first-order valence-electron chi connectivity index (χ1n) is 4.71. The number of aliphatic imine (C=N–C) groups is 1. The SMILES string of the molecule is CCC(N)=NC(CC)CCNC. The van der Waals surface area contributed by atoms with E-state index < -0.39 is 0 Å². The second-order valence-electron chi connectivity index (χ2n) is 2.93. The predicted molar refractivity (Wildman–Crippen MR) is 54.5 cm³/mol.